The summed E-state index contributed by atoms with van der Waals surface area (Å²) in [6.45, 7) is 5.91. The summed E-state index contributed by atoms with van der Waals surface area (Å²) in [5, 5.41) is 3.56. The van der Waals surface area contributed by atoms with Gasteiger partial charge >= 0.3 is 0 Å². The number of methoxy groups -OCH3 is 2. The summed E-state index contributed by atoms with van der Waals surface area (Å²) >= 11 is 0. The lowest BCUT2D eigenvalue weighted by Gasteiger charge is -2.38. The number of piperidine rings is 1. The van der Waals surface area contributed by atoms with Gasteiger partial charge in [-0.15, -0.1) is 0 Å². The Balaban J connectivity index is 1.14. The number of likely N-dealkylation sites (tertiary alicyclic amines) is 1. The molecular formula is C36H45N3O5. The number of carbonyl (C=O) groups excluding carboxylic acids is 1. The van der Waals surface area contributed by atoms with Crippen molar-refractivity contribution >= 4 is 11.6 Å². The molecule has 3 aromatic rings. The van der Waals surface area contributed by atoms with Crippen LogP contribution in [-0.4, -0.2) is 83.1 Å². The van der Waals surface area contributed by atoms with Gasteiger partial charge in [0.15, 0.2) is 0 Å². The molecule has 0 saturated carbocycles. The Bertz CT molecular complexity index is 1370. The maximum absolute atomic E-state index is 13.8. The quantitative estimate of drug-likeness (QED) is 0.312. The second-order valence-corrected chi connectivity index (χ2v) is 12.1. The number of ether oxygens (including phenoxy) is 4. The van der Waals surface area contributed by atoms with Crippen LogP contribution in [0.2, 0.25) is 0 Å². The van der Waals surface area contributed by atoms with Crippen molar-refractivity contribution in [2.24, 2.45) is 0 Å². The Kier molecular flexibility index (Phi) is 10.0. The first-order valence-electron chi connectivity index (χ1n) is 15.9. The molecule has 1 N–H and O–H groups in total. The minimum absolute atomic E-state index is 0.0758. The molecule has 0 radical (unpaired) electrons. The van der Waals surface area contributed by atoms with Crippen molar-refractivity contribution in [3.8, 4) is 11.5 Å². The average Bonchev–Trinajstić information content (AvgIpc) is 3.58. The lowest BCUT2D eigenvalue weighted by molar-refractivity contribution is -0.134. The fourth-order valence-corrected chi connectivity index (χ4v) is 6.88. The number of benzene rings is 3. The molecule has 0 aromatic heterocycles. The molecule has 6 rings (SSSR count). The second-order valence-electron chi connectivity index (χ2n) is 12.1. The van der Waals surface area contributed by atoms with Gasteiger partial charge in [0, 0.05) is 51.7 Å². The van der Waals surface area contributed by atoms with Gasteiger partial charge in [-0.05, 0) is 60.2 Å². The standard InChI is InChI=1S/C36H45N3O5/c1-41-19-6-16-38-18-20-43-34-14-9-26(21-33(34)38)25-44-35-23-37-32(22-31(35)28-10-12-30(42-2)13-11-28)36(40)39-17-15-29(24-39)27-7-4-3-5-8-27/h3-5,7-14,21,29,31-32,35,37H,6,15-20,22-25H2,1-2H3/t29?,31-,32+,35+/m1/s1. The van der Waals surface area contributed by atoms with E-state index in [2.05, 4.69) is 69.7 Å². The monoisotopic (exact) mass is 599 g/mol. The van der Waals surface area contributed by atoms with Gasteiger partial charge in [0.2, 0.25) is 5.91 Å². The van der Waals surface area contributed by atoms with E-state index in [-0.39, 0.29) is 24.0 Å². The van der Waals surface area contributed by atoms with Crippen LogP contribution in [0.3, 0.4) is 0 Å². The first-order valence-corrected chi connectivity index (χ1v) is 15.9. The van der Waals surface area contributed by atoms with Crippen molar-refractivity contribution in [3.05, 3.63) is 89.5 Å². The summed E-state index contributed by atoms with van der Waals surface area (Å²) in [6, 6.07) is 24.9. The molecule has 0 bridgehead atoms. The van der Waals surface area contributed by atoms with Gasteiger partial charge in [0.25, 0.3) is 0 Å². The van der Waals surface area contributed by atoms with E-state index in [0.717, 1.165) is 68.4 Å². The SMILES string of the molecule is COCCCN1CCOc2ccc(CO[C@H]3CN[C@H](C(=O)N4CCC(c5ccccc5)C4)C[C@@H]3c3ccc(OC)cc3)cc21. The average molecular weight is 600 g/mol. The summed E-state index contributed by atoms with van der Waals surface area (Å²) in [5.41, 5.74) is 4.71. The zero-order chi connectivity index (χ0) is 30.3. The van der Waals surface area contributed by atoms with Crippen LogP contribution < -0.4 is 19.7 Å². The van der Waals surface area contributed by atoms with Crippen molar-refractivity contribution in [2.45, 2.75) is 49.9 Å². The Hall–Kier alpha value is -3.59. The molecule has 3 aromatic carbocycles. The molecule has 8 heteroatoms. The van der Waals surface area contributed by atoms with E-state index < -0.39 is 0 Å². The molecule has 3 aliphatic heterocycles. The minimum atomic E-state index is -0.238. The smallest absolute Gasteiger partial charge is 0.239 e. The predicted octanol–water partition coefficient (Wildman–Crippen LogP) is 4.98. The number of carbonyl (C=O) groups is 1. The van der Waals surface area contributed by atoms with Crippen molar-refractivity contribution in [3.63, 3.8) is 0 Å². The zero-order valence-corrected chi connectivity index (χ0v) is 26.0. The van der Waals surface area contributed by atoms with Gasteiger partial charge in [-0.3, -0.25) is 4.79 Å². The molecule has 2 saturated heterocycles. The lowest BCUT2D eigenvalue weighted by atomic mass is 9.83. The van der Waals surface area contributed by atoms with Gasteiger partial charge < -0.3 is 34.1 Å². The number of anilines is 1. The highest BCUT2D eigenvalue weighted by Gasteiger charge is 2.38. The minimum Gasteiger partial charge on any atom is -0.497 e. The fourth-order valence-electron chi connectivity index (χ4n) is 6.88. The molecule has 8 nitrogen and oxygen atoms in total. The highest BCUT2D eigenvalue weighted by molar-refractivity contribution is 5.82. The molecule has 44 heavy (non-hydrogen) atoms. The first-order chi connectivity index (χ1) is 21.6. The van der Waals surface area contributed by atoms with Crippen molar-refractivity contribution in [1.82, 2.24) is 10.2 Å². The molecule has 234 valence electrons. The summed E-state index contributed by atoms with van der Waals surface area (Å²) in [4.78, 5) is 18.2. The third kappa shape index (κ3) is 7.04. The largest absolute Gasteiger partial charge is 0.497 e. The third-order valence-electron chi connectivity index (χ3n) is 9.34. The number of nitrogens with one attached hydrogen (secondary N) is 1. The van der Waals surface area contributed by atoms with Crippen molar-refractivity contribution in [1.29, 1.82) is 0 Å². The van der Waals surface area contributed by atoms with E-state index in [1.165, 1.54) is 11.1 Å². The fraction of sp³-hybridized carbons (Fsp3) is 0.472. The van der Waals surface area contributed by atoms with Crippen LogP contribution in [0.1, 0.15) is 47.8 Å². The summed E-state index contributed by atoms with van der Waals surface area (Å²) in [7, 11) is 3.43. The normalized spacial score (nSPS) is 23.2. The molecule has 3 heterocycles. The Morgan fingerprint density at radius 1 is 1.00 bits per heavy atom. The topological polar surface area (TPSA) is 72.5 Å². The molecule has 0 aliphatic carbocycles. The van der Waals surface area contributed by atoms with E-state index in [0.29, 0.717) is 32.1 Å². The van der Waals surface area contributed by atoms with Gasteiger partial charge in [0.05, 0.1) is 38.1 Å². The van der Waals surface area contributed by atoms with E-state index in [1.807, 2.05) is 18.2 Å². The van der Waals surface area contributed by atoms with E-state index in [9.17, 15) is 4.79 Å². The van der Waals surface area contributed by atoms with E-state index >= 15 is 0 Å². The zero-order valence-electron chi connectivity index (χ0n) is 26.0. The Morgan fingerprint density at radius 3 is 2.64 bits per heavy atom. The van der Waals surface area contributed by atoms with Crippen LogP contribution >= 0.6 is 0 Å². The number of nitrogens with zero attached hydrogens (tertiary/aromatic N) is 2. The van der Waals surface area contributed by atoms with Crippen molar-refractivity contribution in [2.75, 3.05) is 65.1 Å². The summed E-state index contributed by atoms with van der Waals surface area (Å²) in [6.07, 6.45) is 2.59. The lowest BCUT2D eigenvalue weighted by Crippen LogP contribution is -2.54. The molecule has 3 aliphatic rings. The number of rotatable bonds is 11. The second kappa shape index (κ2) is 14.5. The number of amides is 1. The van der Waals surface area contributed by atoms with E-state index in [1.54, 1.807) is 14.2 Å². The van der Waals surface area contributed by atoms with Gasteiger partial charge in [-0.1, -0.05) is 48.5 Å². The summed E-state index contributed by atoms with van der Waals surface area (Å²) in [5.74, 6) is 2.42. The van der Waals surface area contributed by atoms with Gasteiger partial charge in [0.1, 0.15) is 18.1 Å². The molecule has 2 fully saturated rings. The van der Waals surface area contributed by atoms with Crippen LogP contribution in [-0.2, 0) is 20.9 Å². The third-order valence-corrected chi connectivity index (χ3v) is 9.34. The highest BCUT2D eigenvalue weighted by Crippen LogP contribution is 2.36. The highest BCUT2D eigenvalue weighted by atomic mass is 16.5. The number of hydrogen-bond donors (Lipinski definition) is 1. The van der Waals surface area contributed by atoms with Crippen LogP contribution in [0.25, 0.3) is 0 Å². The van der Waals surface area contributed by atoms with Crippen molar-refractivity contribution < 1.29 is 23.7 Å². The van der Waals surface area contributed by atoms with Crippen LogP contribution in [0.15, 0.2) is 72.8 Å². The molecule has 4 atom stereocenters. The maximum Gasteiger partial charge on any atom is 0.239 e. The van der Waals surface area contributed by atoms with E-state index in [4.69, 9.17) is 18.9 Å². The van der Waals surface area contributed by atoms with Crippen LogP contribution in [0.5, 0.6) is 11.5 Å². The number of hydrogen-bond acceptors (Lipinski definition) is 7. The maximum atomic E-state index is 13.8. The molecule has 0 spiro atoms. The Labute approximate surface area is 261 Å². The summed E-state index contributed by atoms with van der Waals surface area (Å²) < 4.78 is 23.3. The van der Waals surface area contributed by atoms with Crippen LogP contribution in [0, 0.1) is 0 Å². The first kappa shape index (κ1) is 30.4. The molecule has 1 amide bonds. The van der Waals surface area contributed by atoms with Crippen LogP contribution in [0.4, 0.5) is 5.69 Å². The number of fused-ring (bicyclic) bond motifs is 1. The Morgan fingerprint density at radius 2 is 1.84 bits per heavy atom. The van der Waals surface area contributed by atoms with Gasteiger partial charge in [-0.2, -0.15) is 0 Å². The molecular weight excluding hydrogens is 554 g/mol. The molecule has 1 unspecified atom stereocenters. The van der Waals surface area contributed by atoms with Gasteiger partial charge in [-0.25, -0.2) is 0 Å². The predicted molar refractivity (Wildman–Crippen MR) is 172 cm³/mol.